The summed E-state index contributed by atoms with van der Waals surface area (Å²) in [6.07, 6.45) is -1.79. The summed E-state index contributed by atoms with van der Waals surface area (Å²) in [7, 11) is 0. The molecule has 2 N–H and O–H groups in total. The average molecular weight is 410 g/mol. The molecule has 0 aromatic carbocycles. The summed E-state index contributed by atoms with van der Waals surface area (Å²) in [6.45, 7) is 3.75. The molecule has 2 aromatic heterocycles. The molecule has 2 amide bonds. The molecular weight excluding hydrogens is 389 g/mol. The second-order valence-corrected chi connectivity index (χ2v) is 6.59. The van der Waals surface area contributed by atoms with E-state index in [9.17, 15) is 22.8 Å². The molecule has 10 heteroatoms. The lowest BCUT2D eigenvalue weighted by atomic mass is 10.1. The second-order valence-electron chi connectivity index (χ2n) is 6.59. The van der Waals surface area contributed by atoms with Crippen molar-refractivity contribution in [3.05, 3.63) is 47.9 Å². The molecule has 29 heavy (non-hydrogen) atoms. The molecule has 2 rings (SSSR count). The summed E-state index contributed by atoms with van der Waals surface area (Å²) in [4.78, 5) is 32.1. The summed E-state index contributed by atoms with van der Waals surface area (Å²) < 4.78 is 41.4. The van der Waals surface area contributed by atoms with E-state index in [2.05, 4.69) is 25.3 Å². The highest BCUT2D eigenvalue weighted by molar-refractivity contribution is 5.93. The van der Waals surface area contributed by atoms with E-state index in [4.69, 9.17) is 0 Å². The number of carbonyl (C=O) groups is 2. The topological polar surface area (TPSA) is 93.2 Å². The van der Waals surface area contributed by atoms with Gasteiger partial charge in [-0.25, -0.2) is 4.98 Å². The maximum absolute atomic E-state index is 12.4. The zero-order valence-electron chi connectivity index (χ0n) is 16.1. The van der Waals surface area contributed by atoms with Gasteiger partial charge in [0.2, 0.25) is 5.91 Å². The Morgan fingerprint density at radius 2 is 1.79 bits per heavy atom. The molecule has 1 atom stereocenters. The molecule has 0 saturated heterocycles. The Balaban J connectivity index is 2.04. The van der Waals surface area contributed by atoms with Gasteiger partial charge in [0.25, 0.3) is 5.91 Å². The Labute approximate surface area is 165 Å². The van der Waals surface area contributed by atoms with E-state index in [-0.39, 0.29) is 23.3 Å². The van der Waals surface area contributed by atoms with Crippen molar-refractivity contribution in [3.8, 4) is 5.75 Å². The van der Waals surface area contributed by atoms with Crippen LogP contribution in [0.1, 0.15) is 42.9 Å². The number of alkyl halides is 3. The van der Waals surface area contributed by atoms with Crippen LogP contribution in [0.5, 0.6) is 5.75 Å². The third-order valence-electron chi connectivity index (χ3n) is 3.77. The Bertz CT molecular complexity index is 872. The maximum atomic E-state index is 12.4. The molecule has 0 aliphatic carbocycles. The first kappa shape index (κ1) is 22.1. The van der Waals surface area contributed by atoms with Crippen molar-refractivity contribution in [1.82, 2.24) is 15.3 Å². The zero-order valence-corrected chi connectivity index (χ0v) is 16.1. The number of aromatic nitrogens is 2. The van der Waals surface area contributed by atoms with Gasteiger partial charge in [0.05, 0.1) is 6.04 Å². The van der Waals surface area contributed by atoms with Crippen LogP contribution in [0.15, 0.2) is 36.7 Å². The van der Waals surface area contributed by atoms with Gasteiger partial charge >= 0.3 is 6.18 Å². The molecule has 0 saturated carbocycles. The molecule has 7 nitrogen and oxygen atoms in total. The van der Waals surface area contributed by atoms with Crippen LogP contribution >= 0.6 is 0 Å². The molecule has 156 valence electrons. The number of hydrogen-bond donors (Lipinski definition) is 2. The average Bonchev–Trinajstić information content (AvgIpc) is 2.66. The lowest BCUT2D eigenvalue weighted by Crippen LogP contribution is -2.28. The van der Waals surface area contributed by atoms with Crippen molar-refractivity contribution in [2.45, 2.75) is 33.0 Å². The molecule has 2 heterocycles. The Hall–Kier alpha value is -3.17. The van der Waals surface area contributed by atoms with Crippen LogP contribution in [0.3, 0.4) is 0 Å². The van der Waals surface area contributed by atoms with Crippen molar-refractivity contribution >= 4 is 17.6 Å². The van der Waals surface area contributed by atoms with Crippen LogP contribution in [-0.4, -0.2) is 34.6 Å². The Kier molecular flexibility index (Phi) is 7.13. The number of rotatable bonds is 7. The lowest BCUT2D eigenvalue weighted by molar-refractivity contribution is -0.153. The van der Waals surface area contributed by atoms with E-state index < -0.39 is 24.7 Å². The first-order valence-corrected chi connectivity index (χ1v) is 8.78. The highest BCUT2D eigenvalue weighted by Crippen LogP contribution is 2.20. The molecule has 0 bridgehead atoms. The van der Waals surface area contributed by atoms with Crippen molar-refractivity contribution in [3.63, 3.8) is 0 Å². The van der Waals surface area contributed by atoms with Crippen LogP contribution in [-0.2, 0) is 4.79 Å². The number of carbonyl (C=O) groups excluding carboxylic acids is 2. The predicted molar refractivity (Wildman–Crippen MR) is 99.4 cm³/mol. The normalized spacial score (nSPS) is 12.4. The highest BCUT2D eigenvalue weighted by atomic mass is 19.4. The van der Waals surface area contributed by atoms with E-state index in [1.807, 2.05) is 0 Å². The Morgan fingerprint density at radius 1 is 1.10 bits per heavy atom. The van der Waals surface area contributed by atoms with E-state index in [0.29, 0.717) is 11.4 Å². The molecule has 0 spiro atoms. The van der Waals surface area contributed by atoms with Gasteiger partial charge in [0, 0.05) is 24.4 Å². The molecular formula is C19H21F3N4O3. The third-order valence-corrected chi connectivity index (χ3v) is 3.77. The van der Waals surface area contributed by atoms with Gasteiger partial charge in [-0.05, 0) is 30.7 Å². The molecule has 0 fully saturated rings. The number of halogens is 3. The number of ether oxygens (including phenoxy) is 1. The summed E-state index contributed by atoms with van der Waals surface area (Å²) in [6, 6.07) is 5.20. The van der Waals surface area contributed by atoms with Gasteiger partial charge < -0.3 is 15.4 Å². The van der Waals surface area contributed by atoms with E-state index in [1.165, 1.54) is 18.5 Å². The molecule has 0 aliphatic heterocycles. The quantitative estimate of drug-likeness (QED) is 0.729. The number of nitrogens with one attached hydrogen (secondary N) is 2. The summed E-state index contributed by atoms with van der Waals surface area (Å²) in [5.74, 6) is -0.748. The Morgan fingerprint density at radius 3 is 2.45 bits per heavy atom. The van der Waals surface area contributed by atoms with Crippen LogP contribution in [0, 0.1) is 5.92 Å². The largest absolute Gasteiger partial charge is 0.484 e. The minimum absolute atomic E-state index is 0.0843. The number of nitrogens with zero attached hydrogens (tertiary/aromatic N) is 2. The smallest absolute Gasteiger partial charge is 0.422 e. The highest BCUT2D eigenvalue weighted by Gasteiger charge is 2.28. The molecule has 0 aliphatic rings. The number of pyridine rings is 2. The minimum atomic E-state index is -4.48. The van der Waals surface area contributed by atoms with Crippen molar-refractivity contribution in [1.29, 1.82) is 0 Å². The van der Waals surface area contributed by atoms with Crippen molar-refractivity contribution < 1.29 is 27.5 Å². The van der Waals surface area contributed by atoms with Gasteiger partial charge in [0.15, 0.2) is 6.61 Å². The monoisotopic (exact) mass is 410 g/mol. The van der Waals surface area contributed by atoms with Gasteiger partial charge in [-0.1, -0.05) is 13.8 Å². The van der Waals surface area contributed by atoms with E-state index in [0.717, 1.165) is 6.07 Å². The van der Waals surface area contributed by atoms with Gasteiger partial charge in [0.1, 0.15) is 17.3 Å². The van der Waals surface area contributed by atoms with Gasteiger partial charge in [-0.2, -0.15) is 13.2 Å². The van der Waals surface area contributed by atoms with Gasteiger partial charge in [-0.15, -0.1) is 0 Å². The fourth-order valence-corrected chi connectivity index (χ4v) is 2.20. The standard InChI is InChI=1S/C19H21F3N4O3/c1-11(2)17(27)26-16-8-13(4-6-24-16)12(3)25-18(28)15-9-14(5-7-23-15)29-10-19(20,21)22/h4-9,11-12H,10H2,1-3H3,(H,25,28)(H,24,26,27). The fraction of sp³-hybridized carbons (Fsp3) is 0.368. The third kappa shape index (κ3) is 7.05. The predicted octanol–water partition coefficient (Wildman–Crippen LogP) is 3.50. The number of anilines is 1. The van der Waals surface area contributed by atoms with E-state index >= 15 is 0 Å². The van der Waals surface area contributed by atoms with Crippen molar-refractivity contribution in [2.24, 2.45) is 5.92 Å². The zero-order chi connectivity index (χ0) is 21.6. The van der Waals surface area contributed by atoms with Crippen LogP contribution in [0.25, 0.3) is 0 Å². The van der Waals surface area contributed by atoms with Crippen LogP contribution in [0.4, 0.5) is 19.0 Å². The molecule has 1 unspecified atom stereocenters. The van der Waals surface area contributed by atoms with E-state index in [1.54, 1.807) is 32.9 Å². The summed E-state index contributed by atoms with van der Waals surface area (Å²) in [5, 5.41) is 5.37. The first-order valence-electron chi connectivity index (χ1n) is 8.78. The first-order chi connectivity index (χ1) is 13.5. The second kappa shape index (κ2) is 9.35. The van der Waals surface area contributed by atoms with Crippen LogP contribution < -0.4 is 15.4 Å². The number of hydrogen-bond acceptors (Lipinski definition) is 5. The minimum Gasteiger partial charge on any atom is -0.484 e. The molecule has 2 aromatic rings. The number of amides is 2. The molecule has 0 radical (unpaired) electrons. The SMILES string of the molecule is CC(C)C(=O)Nc1cc(C(C)NC(=O)c2cc(OCC(F)(F)F)ccn2)ccn1. The fourth-order valence-electron chi connectivity index (χ4n) is 2.20. The summed E-state index contributed by atoms with van der Waals surface area (Å²) >= 11 is 0. The van der Waals surface area contributed by atoms with Gasteiger partial charge in [-0.3, -0.25) is 14.6 Å². The van der Waals surface area contributed by atoms with Crippen molar-refractivity contribution in [2.75, 3.05) is 11.9 Å². The maximum Gasteiger partial charge on any atom is 0.422 e. The lowest BCUT2D eigenvalue weighted by Gasteiger charge is -2.16. The van der Waals surface area contributed by atoms with Crippen LogP contribution in [0.2, 0.25) is 0 Å². The summed E-state index contributed by atoms with van der Waals surface area (Å²) in [5.41, 5.74) is 0.593.